The predicted octanol–water partition coefficient (Wildman–Crippen LogP) is 4.87. The van der Waals surface area contributed by atoms with Crippen LogP contribution in [0.25, 0.3) is 11.0 Å². The van der Waals surface area contributed by atoms with Crippen molar-refractivity contribution < 1.29 is 9.55 Å². The molecule has 28 heavy (non-hydrogen) atoms. The maximum Gasteiger partial charge on any atom is 0.324 e. The molecule has 3 aromatic rings. The minimum Gasteiger partial charge on any atom is -0.370 e. The van der Waals surface area contributed by atoms with Crippen LogP contribution in [0.15, 0.2) is 28.9 Å². The number of hydrogen-bond acceptors (Lipinski definition) is 7. The topological polar surface area (TPSA) is 97.3 Å². The van der Waals surface area contributed by atoms with E-state index in [-0.39, 0.29) is 11.2 Å². The van der Waals surface area contributed by atoms with Crippen molar-refractivity contribution >= 4 is 33.8 Å². The fraction of sp³-hybridized carbons (Fsp3) is 0.400. The molecule has 1 fully saturated rings. The van der Waals surface area contributed by atoms with E-state index >= 15 is 0 Å². The van der Waals surface area contributed by atoms with Gasteiger partial charge in [0.15, 0.2) is 5.52 Å². The Hall–Kier alpha value is -3.16. The molecule has 0 saturated carbocycles. The van der Waals surface area contributed by atoms with E-state index in [1.807, 2.05) is 38.1 Å². The molecular weight excluding hydrogens is 358 g/mol. The van der Waals surface area contributed by atoms with Crippen molar-refractivity contribution in [1.82, 2.24) is 10.3 Å². The number of nitro benzene ring substituents is 1. The summed E-state index contributed by atoms with van der Waals surface area (Å²) in [5, 5.41) is 22.9. The van der Waals surface area contributed by atoms with Gasteiger partial charge < -0.3 is 10.2 Å². The van der Waals surface area contributed by atoms with Crippen molar-refractivity contribution in [2.24, 2.45) is 0 Å². The summed E-state index contributed by atoms with van der Waals surface area (Å²) in [5.74, 6) is 0. The molecule has 0 radical (unpaired) electrons. The zero-order chi connectivity index (χ0) is 19.7. The van der Waals surface area contributed by atoms with E-state index in [1.165, 1.54) is 18.4 Å². The number of aromatic nitrogens is 2. The van der Waals surface area contributed by atoms with Crippen LogP contribution in [-0.2, 0) is 0 Å². The highest BCUT2D eigenvalue weighted by Gasteiger charge is 2.28. The van der Waals surface area contributed by atoms with Gasteiger partial charge in [0.25, 0.3) is 0 Å². The fourth-order valence-electron chi connectivity index (χ4n) is 3.72. The highest BCUT2D eigenvalue weighted by Crippen LogP contribution is 2.40. The molecule has 0 spiro atoms. The van der Waals surface area contributed by atoms with Crippen LogP contribution in [-0.4, -0.2) is 28.3 Å². The van der Waals surface area contributed by atoms with Gasteiger partial charge in [-0.2, -0.15) is 0 Å². The van der Waals surface area contributed by atoms with Crippen molar-refractivity contribution in [3.8, 4) is 0 Å². The van der Waals surface area contributed by atoms with Gasteiger partial charge in [0.05, 0.1) is 10.6 Å². The van der Waals surface area contributed by atoms with Crippen LogP contribution in [0.4, 0.5) is 22.7 Å². The molecule has 1 aliphatic heterocycles. The van der Waals surface area contributed by atoms with Crippen molar-refractivity contribution in [3.63, 3.8) is 0 Å². The summed E-state index contributed by atoms with van der Waals surface area (Å²) in [7, 11) is 0. The molecule has 146 valence electrons. The summed E-state index contributed by atoms with van der Waals surface area (Å²) in [6.07, 6.45) is 4.56. The standard InChI is InChI=1S/C20H23N5O3/c1-13-7-8-15(11-14(13)2)21-16-12-17(24-9-5-3-4-6-10-24)18-19(23-28-22-18)20(16)25(26)27/h7-8,11-12,21H,3-6,9-10H2,1-2H3. The average molecular weight is 381 g/mol. The first-order valence-electron chi connectivity index (χ1n) is 9.57. The second-order valence-corrected chi connectivity index (χ2v) is 7.34. The largest absolute Gasteiger partial charge is 0.370 e. The first kappa shape index (κ1) is 18.2. The van der Waals surface area contributed by atoms with Crippen molar-refractivity contribution in [3.05, 3.63) is 45.5 Å². The van der Waals surface area contributed by atoms with E-state index < -0.39 is 4.92 Å². The van der Waals surface area contributed by atoms with Crippen molar-refractivity contribution in [1.29, 1.82) is 0 Å². The Bertz CT molecular complexity index is 1020. The minimum absolute atomic E-state index is 0.118. The minimum atomic E-state index is -0.428. The zero-order valence-electron chi connectivity index (χ0n) is 16.1. The zero-order valence-corrected chi connectivity index (χ0v) is 16.1. The molecule has 1 aliphatic rings. The Labute approximate surface area is 162 Å². The van der Waals surface area contributed by atoms with Gasteiger partial charge in [0.1, 0.15) is 5.69 Å². The molecule has 1 aromatic heterocycles. The molecule has 1 N–H and O–H groups in total. The van der Waals surface area contributed by atoms with Gasteiger partial charge in [0, 0.05) is 18.8 Å². The van der Waals surface area contributed by atoms with E-state index in [2.05, 4.69) is 20.5 Å². The summed E-state index contributed by atoms with van der Waals surface area (Å²) in [6.45, 7) is 5.83. The van der Waals surface area contributed by atoms with Gasteiger partial charge in [-0.3, -0.25) is 10.1 Å². The number of benzene rings is 2. The van der Waals surface area contributed by atoms with E-state index in [9.17, 15) is 10.1 Å². The molecule has 2 aromatic carbocycles. The number of nitro groups is 1. The third-order valence-electron chi connectivity index (χ3n) is 5.41. The molecule has 0 aliphatic carbocycles. The smallest absolute Gasteiger partial charge is 0.324 e. The van der Waals surface area contributed by atoms with Gasteiger partial charge in [-0.15, -0.1) is 0 Å². The number of hydrogen-bond donors (Lipinski definition) is 1. The van der Waals surface area contributed by atoms with Crippen LogP contribution >= 0.6 is 0 Å². The quantitative estimate of drug-likeness (QED) is 0.508. The van der Waals surface area contributed by atoms with Crippen LogP contribution in [0.3, 0.4) is 0 Å². The van der Waals surface area contributed by atoms with Crippen molar-refractivity contribution in [2.75, 3.05) is 23.3 Å². The summed E-state index contributed by atoms with van der Waals surface area (Å²) in [5.41, 5.74) is 4.81. The second-order valence-electron chi connectivity index (χ2n) is 7.34. The molecule has 8 heteroatoms. The summed E-state index contributed by atoms with van der Waals surface area (Å²) >= 11 is 0. The Morgan fingerprint density at radius 1 is 1.04 bits per heavy atom. The maximum atomic E-state index is 11.8. The van der Waals surface area contributed by atoms with Crippen LogP contribution in [0.5, 0.6) is 0 Å². The summed E-state index contributed by atoms with van der Waals surface area (Å²) in [6, 6.07) is 7.71. The molecular formula is C20H23N5O3. The third kappa shape index (κ3) is 3.37. The van der Waals surface area contributed by atoms with Gasteiger partial charge in [0.2, 0.25) is 5.52 Å². The molecule has 0 amide bonds. The maximum absolute atomic E-state index is 11.8. The fourth-order valence-corrected chi connectivity index (χ4v) is 3.72. The summed E-state index contributed by atoms with van der Waals surface area (Å²) in [4.78, 5) is 13.6. The Morgan fingerprint density at radius 2 is 1.75 bits per heavy atom. The molecule has 0 bridgehead atoms. The first-order valence-corrected chi connectivity index (χ1v) is 9.57. The lowest BCUT2D eigenvalue weighted by molar-refractivity contribution is -0.382. The lowest BCUT2D eigenvalue weighted by atomic mass is 10.1. The summed E-state index contributed by atoms with van der Waals surface area (Å²) < 4.78 is 4.90. The van der Waals surface area contributed by atoms with Gasteiger partial charge in [-0.25, -0.2) is 4.63 Å². The monoisotopic (exact) mass is 381 g/mol. The molecule has 0 atom stereocenters. The average Bonchev–Trinajstić information content (AvgIpc) is 2.98. The molecule has 4 rings (SSSR count). The Kier molecular flexibility index (Phi) is 4.85. The predicted molar refractivity (Wildman–Crippen MR) is 108 cm³/mol. The molecule has 1 saturated heterocycles. The van der Waals surface area contributed by atoms with Crippen LogP contribution in [0, 0.1) is 24.0 Å². The molecule has 2 heterocycles. The third-order valence-corrected chi connectivity index (χ3v) is 5.41. The number of nitrogens with one attached hydrogen (secondary N) is 1. The van der Waals surface area contributed by atoms with Crippen molar-refractivity contribution in [2.45, 2.75) is 39.5 Å². The first-order chi connectivity index (χ1) is 13.5. The second kappa shape index (κ2) is 7.46. The number of aryl methyl sites for hydroxylation is 2. The Morgan fingerprint density at radius 3 is 2.43 bits per heavy atom. The number of rotatable bonds is 4. The number of nitrogens with zero attached hydrogens (tertiary/aromatic N) is 4. The lowest BCUT2D eigenvalue weighted by Crippen LogP contribution is -2.24. The van der Waals surface area contributed by atoms with E-state index in [4.69, 9.17) is 4.63 Å². The SMILES string of the molecule is Cc1ccc(Nc2cc(N3CCCCCC3)c3nonc3c2[N+](=O)[O-])cc1C. The Balaban J connectivity index is 1.84. The lowest BCUT2D eigenvalue weighted by Gasteiger charge is -2.23. The van der Waals surface area contributed by atoms with Crippen LogP contribution in [0.1, 0.15) is 36.8 Å². The van der Waals surface area contributed by atoms with E-state index in [0.717, 1.165) is 42.9 Å². The van der Waals surface area contributed by atoms with Gasteiger partial charge in [-0.1, -0.05) is 18.9 Å². The highest BCUT2D eigenvalue weighted by molar-refractivity contribution is 6.00. The van der Waals surface area contributed by atoms with Crippen LogP contribution < -0.4 is 10.2 Å². The number of anilines is 3. The van der Waals surface area contributed by atoms with E-state index in [1.54, 1.807) is 0 Å². The molecule has 0 unspecified atom stereocenters. The van der Waals surface area contributed by atoms with E-state index in [0.29, 0.717) is 11.2 Å². The van der Waals surface area contributed by atoms with Gasteiger partial charge >= 0.3 is 5.69 Å². The van der Waals surface area contributed by atoms with Crippen LogP contribution in [0.2, 0.25) is 0 Å². The highest BCUT2D eigenvalue weighted by atomic mass is 16.6. The number of fused-ring (bicyclic) bond motifs is 1. The molecule has 8 nitrogen and oxygen atoms in total. The normalized spacial score (nSPS) is 14.9. The van der Waals surface area contributed by atoms with Gasteiger partial charge in [-0.05, 0) is 66.3 Å².